The van der Waals surface area contributed by atoms with Gasteiger partial charge in [0.25, 0.3) is 0 Å². The molecule has 1 atom stereocenters. The van der Waals surface area contributed by atoms with E-state index in [1.165, 1.54) is 30.6 Å². The largest absolute Gasteiger partial charge is 0.314 e. The molecule has 3 nitrogen and oxygen atoms in total. The van der Waals surface area contributed by atoms with Crippen LogP contribution in [0.4, 0.5) is 0 Å². The third-order valence-corrected chi connectivity index (χ3v) is 4.49. The number of thiazole rings is 1. The summed E-state index contributed by atoms with van der Waals surface area (Å²) in [6, 6.07) is 0.611. The van der Waals surface area contributed by atoms with E-state index in [-0.39, 0.29) is 4.87 Å². The van der Waals surface area contributed by atoms with Crippen molar-refractivity contribution >= 4 is 11.3 Å². The first kappa shape index (κ1) is 11.9. The molecular formula is C12H20N2OS. The third-order valence-electron chi connectivity index (χ3n) is 3.49. The van der Waals surface area contributed by atoms with E-state index in [1.54, 1.807) is 0 Å². The second-order valence-electron chi connectivity index (χ2n) is 4.60. The third kappa shape index (κ3) is 2.55. The standard InChI is InChI=1S/C12H20N2OS/c1-9-10(2)16-12(15)14(9)8-6-11-5-3-4-7-13-11/h11,13H,3-8H2,1-2H3. The van der Waals surface area contributed by atoms with Crippen LogP contribution >= 0.6 is 11.3 Å². The summed E-state index contributed by atoms with van der Waals surface area (Å²) in [7, 11) is 0. The molecule has 1 aromatic heterocycles. The number of hydrogen-bond donors (Lipinski definition) is 1. The van der Waals surface area contributed by atoms with Gasteiger partial charge in [0, 0.05) is 23.2 Å². The second-order valence-corrected chi connectivity index (χ2v) is 5.76. The molecule has 1 unspecified atom stereocenters. The summed E-state index contributed by atoms with van der Waals surface area (Å²) < 4.78 is 1.93. The van der Waals surface area contributed by atoms with Crippen LogP contribution in [0.25, 0.3) is 0 Å². The second kappa shape index (κ2) is 5.15. The molecule has 0 saturated carbocycles. The topological polar surface area (TPSA) is 34.0 Å². The van der Waals surface area contributed by atoms with Gasteiger partial charge in [0.05, 0.1) is 0 Å². The lowest BCUT2D eigenvalue weighted by Crippen LogP contribution is -2.35. The molecule has 0 aromatic carbocycles. The molecule has 1 saturated heterocycles. The molecule has 90 valence electrons. The minimum atomic E-state index is 0.200. The van der Waals surface area contributed by atoms with Crippen molar-refractivity contribution in [3.05, 3.63) is 20.2 Å². The fourth-order valence-corrected chi connectivity index (χ4v) is 3.16. The minimum absolute atomic E-state index is 0.200. The number of piperidine rings is 1. The van der Waals surface area contributed by atoms with Gasteiger partial charge in [-0.25, -0.2) is 0 Å². The van der Waals surface area contributed by atoms with E-state index in [9.17, 15) is 4.79 Å². The molecule has 2 heterocycles. The summed E-state index contributed by atoms with van der Waals surface area (Å²) in [6.07, 6.45) is 4.97. The monoisotopic (exact) mass is 240 g/mol. The fourth-order valence-electron chi connectivity index (χ4n) is 2.30. The molecule has 1 aromatic rings. The smallest absolute Gasteiger partial charge is 0.307 e. The van der Waals surface area contributed by atoms with E-state index in [4.69, 9.17) is 0 Å². The van der Waals surface area contributed by atoms with Gasteiger partial charge in [-0.05, 0) is 39.7 Å². The van der Waals surface area contributed by atoms with Crippen molar-refractivity contribution in [1.82, 2.24) is 9.88 Å². The summed E-state index contributed by atoms with van der Waals surface area (Å²) in [5, 5.41) is 3.52. The average Bonchev–Trinajstić information content (AvgIpc) is 2.53. The zero-order valence-electron chi connectivity index (χ0n) is 10.1. The number of nitrogens with zero attached hydrogens (tertiary/aromatic N) is 1. The SMILES string of the molecule is Cc1sc(=O)n(CCC2CCCCN2)c1C. The molecule has 0 radical (unpaired) electrons. The summed E-state index contributed by atoms with van der Waals surface area (Å²) in [4.78, 5) is 13.0. The van der Waals surface area contributed by atoms with E-state index < -0.39 is 0 Å². The Balaban J connectivity index is 1.96. The molecule has 0 spiro atoms. The van der Waals surface area contributed by atoms with E-state index in [0.29, 0.717) is 6.04 Å². The van der Waals surface area contributed by atoms with Crippen LogP contribution in [0.2, 0.25) is 0 Å². The molecule has 1 N–H and O–H groups in total. The van der Waals surface area contributed by atoms with Crippen LogP contribution in [-0.2, 0) is 6.54 Å². The maximum absolute atomic E-state index is 11.7. The molecule has 0 amide bonds. The van der Waals surface area contributed by atoms with Gasteiger partial charge in [-0.2, -0.15) is 0 Å². The van der Waals surface area contributed by atoms with Gasteiger partial charge < -0.3 is 9.88 Å². The normalized spacial score (nSPS) is 21.2. The maximum Gasteiger partial charge on any atom is 0.307 e. The van der Waals surface area contributed by atoms with Crippen molar-refractivity contribution in [3.8, 4) is 0 Å². The molecular weight excluding hydrogens is 220 g/mol. The average molecular weight is 240 g/mol. The molecule has 2 rings (SSSR count). The highest BCUT2D eigenvalue weighted by Crippen LogP contribution is 2.13. The lowest BCUT2D eigenvalue weighted by molar-refractivity contribution is 0.365. The highest BCUT2D eigenvalue weighted by atomic mass is 32.1. The number of rotatable bonds is 3. The Bertz CT molecular complexity index is 402. The van der Waals surface area contributed by atoms with Gasteiger partial charge in [0.1, 0.15) is 0 Å². The zero-order valence-corrected chi connectivity index (χ0v) is 10.9. The predicted molar refractivity (Wildman–Crippen MR) is 68.3 cm³/mol. The van der Waals surface area contributed by atoms with Gasteiger partial charge in [-0.15, -0.1) is 0 Å². The number of nitrogens with one attached hydrogen (secondary N) is 1. The van der Waals surface area contributed by atoms with Gasteiger partial charge in [-0.3, -0.25) is 4.79 Å². The van der Waals surface area contributed by atoms with Gasteiger partial charge in [0.15, 0.2) is 0 Å². The molecule has 1 aliphatic heterocycles. The summed E-state index contributed by atoms with van der Waals surface area (Å²) in [6.45, 7) is 6.08. The number of aryl methyl sites for hydroxylation is 1. The predicted octanol–water partition coefficient (Wildman–Crippen LogP) is 2.06. The Morgan fingerprint density at radius 3 is 2.81 bits per heavy atom. The summed E-state index contributed by atoms with van der Waals surface area (Å²) >= 11 is 1.37. The van der Waals surface area contributed by atoms with Crippen molar-refractivity contribution in [3.63, 3.8) is 0 Å². The molecule has 4 heteroatoms. The van der Waals surface area contributed by atoms with Crippen molar-refractivity contribution < 1.29 is 0 Å². The lowest BCUT2D eigenvalue weighted by atomic mass is 10.0. The quantitative estimate of drug-likeness (QED) is 0.877. The Morgan fingerprint density at radius 2 is 2.25 bits per heavy atom. The Morgan fingerprint density at radius 1 is 1.44 bits per heavy atom. The van der Waals surface area contributed by atoms with Crippen molar-refractivity contribution in [2.24, 2.45) is 0 Å². The van der Waals surface area contributed by atoms with Crippen LogP contribution in [0.15, 0.2) is 4.79 Å². The number of aromatic nitrogens is 1. The van der Waals surface area contributed by atoms with Crippen LogP contribution in [0.5, 0.6) is 0 Å². The van der Waals surface area contributed by atoms with Crippen LogP contribution in [-0.4, -0.2) is 17.2 Å². The molecule has 16 heavy (non-hydrogen) atoms. The van der Waals surface area contributed by atoms with E-state index in [1.807, 2.05) is 18.4 Å². The Hall–Kier alpha value is -0.610. The molecule has 1 aliphatic rings. The Labute approximate surface area is 100 Å². The number of hydrogen-bond acceptors (Lipinski definition) is 3. The van der Waals surface area contributed by atoms with Gasteiger partial charge >= 0.3 is 4.87 Å². The molecule has 0 bridgehead atoms. The molecule has 1 fully saturated rings. The van der Waals surface area contributed by atoms with Crippen LogP contribution in [0.1, 0.15) is 36.3 Å². The summed E-state index contributed by atoms with van der Waals surface area (Å²) in [5.74, 6) is 0. The van der Waals surface area contributed by atoms with Crippen LogP contribution < -0.4 is 10.2 Å². The van der Waals surface area contributed by atoms with Gasteiger partial charge in [0.2, 0.25) is 0 Å². The van der Waals surface area contributed by atoms with Crippen molar-refractivity contribution in [2.75, 3.05) is 6.54 Å². The van der Waals surface area contributed by atoms with E-state index in [0.717, 1.165) is 30.1 Å². The zero-order chi connectivity index (χ0) is 11.5. The summed E-state index contributed by atoms with van der Waals surface area (Å²) in [5.41, 5.74) is 1.14. The van der Waals surface area contributed by atoms with Gasteiger partial charge in [-0.1, -0.05) is 17.8 Å². The first-order chi connectivity index (χ1) is 7.68. The lowest BCUT2D eigenvalue weighted by Gasteiger charge is -2.23. The highest BCUT2D eigenvalue weighted by Gasteiger charge is 2.14. The fraction of sp³-hybridized carbons (Fsp3) is 0.750. The minimum Gasteiger partial charge on any atom is -0.314 e. The first-order valence-corrected chi connectivity index (χ1v) is 6.90. The Kier molecular flexibility index (Phi) is 3.82. The van der Waals surface area contributed by atoms with E-state index >= 15 is 0 Å². The maximum atomic E-state index is 11.7. The van der Waals surface area contributed by atoms with Crippen LogP contribution in [0.3, 0.4) is 0 Å². The first-order valence-electron chi connectivity index (χ1n) is 6.08. The van der Waals surface area contributed by atoms with E-state index in [2.05, 4.69) is 5.32 Å². The highest BCUT2D eigenvalue weighted by molar-refractivity contribution is 7.09. The van der Waals surface area contributed by atoms with Crippen molar-refractivity contribution in [1.29, 1.82) is 0 Å². The van der Waals surface area contributed by atoms with Crippen molar-refractivity contribution in [2.45, 2.75) is 52.1 Å². The molecule has 0 aliphatic carbocycles. The van der Waals surface area contributed by atoms with Crippen LogP contribution in [0, 0.1) is 13.8 Å².